The van der Waals surface area contributed by atoms with Gasteiger partial charge in [-0.1, -0.05) is 104 Å². The zero-order valence-electron chi connectivity index (χ0n) is 29.4. The van der Waals surface area contributed by atoms with Crippen LogP contribution in [0.15, 0.2) is 91.3 Å². The molecule has 0 bridgehead atoms. The van der Waals surface area contributed by atoms with Crippen molar-refractivity contribution < 1.29 is 5.11 Å². The Morgan fingerprint density at radius 3 is 1.98 bits per heavy atom. The summed E-state index contributed by atoms with van der Waals surface area (Å²) >= 11 is 0. The maximum Gasteiger partial charge on any atom is 0.160 e. The summed E-state index contributed by atoms with van der Waals surface area (Å²) in [5.41, 5.74) is 10.3. The first-order chi connectivity index (χ1) is 22.0. The minimum atomic E-state index is -1.48. The molecule has 0 aliphatic heterocycles. The molecule has 0 aliphatic carbocycles. The summed E-state index contributed by atoms with van der Waals surface area (Å²) in [7, 11) is 0.507. The summed E-state index contributed by atoms with van der Waals surface area (Å²) in [5.74, 6) is 0.962. The van der Waals surface area contributed by atoms with Crippen molar-refractivity contribution in [1.82, 2.24) is 19.5 Å². The molecule has 0 spiro atoms. The number of rotatable bonds is 5. The van der Waals surface area contributed by atoms with Gasteiger partial charge in [-0.3, -0.25) is 4.98 Å². The number of hydrogen-bond donors (Lipinski definition) is 1. The lowest BCUT2D eigenvalue weighted by Gasteiger charge is -2.27. The van der Waals surface area contributed by atoms with Gasteiger partial charge in [-0.25, -0.2) is 9.97 Å². The normalized spacial score (nSPS) is 12.6. The molecule has 6 heteroatoms. The van der Waals surface area contributed by atoms with Crippen molar-refractivity contribution in [2.75, 3.05) is 0 Å². The predicted molar refractivity (Wildman–Crippen MR) is 200 cm³/mol. The molecule has 3 heterocycles. The second kappa shape index (κ2) is 11.6. The number of aryl methyl sites for hydroxylation is 1. The van der Waals surface area contributed by atoms with E-state index in [-0.39, 0.29) is 16.6 Å². The summed E-state index contributed by atoms with van der Waals surface area (Å²) in [6.07, 6.45) is 3.90. The highest BCUT2D eigenvalue weighted by Gasteiger charge is 2.28. The molecule has 47 heavy (non-hydrogen) atoms. The highest BCUT2D eigenvalue weighted by molar-refractivity contribution is 6.88. The zero-order chi connectivity index (χ0) is 33.9. The third-order valence-corrected chi connectivity index (χ3v) is 11.1. The molecule has 5 nitrogen and oxygen atoms in total. The summed E-state index contributed by atoms with van der Waals surface area (Å²) < 4.78 is 2.01. The van der Waals surface area contributed by atoms with Crippen LogP contribution in [-0.2, 0) is 17.9 Å². The molecule has 3 aromatic carbocycles. The summed E-state index contributed by atoms with van der Waals surface area (Å²) in [4.78, 5) is 15.0. The van der Waals surface area contributed by atoms with Crippen LogP contribution in [0.5, 0.6) is 5.75 Å². The Kier molecular flexibility index (Phi) is 8.00. The average Bonchev–Trinajstić information content (AvgIpc) is 3.36. The molecule has 1 N–H and O–H groups in total. The molecule has 0 amide bonds. The van der Waals surface area contributed by atoms with Crippen LogP contribution >= 0.6 is 0 Å². The molecule has 3 aromatic heterocycles. The monoisotopic (exact) mass is 638 g/mol. The maximum absolute atomic E-state index is 11.7. The number of aromatic nitrogens is 4. The number of phenolic OH excluding ortho intramolecular Hbond substituents is 1. The van der Waals surface area contributed by atoms with Crippen LogP contribution in [0.2, 0.25) is 19.6 Å². The van der Waals surface area contributed by atoms with E-state index in [1.165, 1.54) is 5.19 Å². The highest BCUT2D eigenvalue weighted by Crippen LogP contribution is 2.43. The van der Waals surface area contributed by atoms with Gasteiger partial charge in [-0.2, -0.15) is 0 Å². The second-order valence-corrected chi connectivity index (χ2v) is 20.9. The van der Waals surface area contributed by atoms with Crippen LogP contribution in [0.3, 0.4) is 0 Å². The number of hydrogen-bond acceptors (Lipinski definition) is 4. The first kappa shape index (κ1) is 32.4. The predicted octanol–water partition coefficient (Wildman–Crippen LogP) is 9.88. The molecule has 240 valence electrons. The van der Waals surface area contributed by atoms with E-state index in [1.54, 1.807) is 0 Å². The lowest BCUT2D eigenvalue weighted by molar-refractivity contribution is 0.446. The van der Waals surface area contributed by atoms with Gasteiger partial charge in [0.1, 0.15) is 17.1 Å². The molecule has 0 saturated carbocycles. The third kappa shape index (κ3) is 6.27. The van der Waals surface area contributed by atoms with E-state index in [1.807, 2.05) is 29.9 Å². The molecule has 0 fully saturated rings. The van der Waals surface area contributed by atoms with Crippen LogP contribution in [0.4, 0.5) is 0 Å². The van der Waals surface area contributed by atoms with Gasteiger partial charge in [0, 0.05) is 36.1 Å². The van der Waals surface area contributed by atoms with Crippen LogP contribution in [0, 0.1) is 0 Å². The maximum atomic E-state index is 11.7. The molecule has 0 radical (unpaired) electrons. The Hall–Kier alpha value is -4.55. The van der Waals surface area contributed by atoms with E-state index in [4.69, 9.17) is 15.0 Å². The number of phenols is 1. The minimum absolute atomic E-state index is 0.105. The molecular weight excluding hydrogens is 593 g/mol. The molecule has 0 saturated heterocycles. The summed E-state index contributed by atoms with van der Waals surface area (Å²) in [6, 6.07) is 27.8. The molecular formula is C41H46N4OSi. The Bertz CT molecular complexity index is 2090. The Labute approximate surface area is 280 Å². The van der Waals surface area contributed by atoms with E-state index in [9.17, 15) is 5.11 Å². The van der Waals surface area contributed by atoms with Crippen LogP contribution in [-0.4, -0.2) is 32.7 Å². The van der Waals surface area contributed by atoms with Gasteiger partial charge < -0.3 is 9.67 Å². The topological polar surface area (TPSA) is 63.8 Å². The number of fused-ring (bicyclic) bond motifs is 1. The standard InChI is InChI=1S/C41H46N4OSi/c1-40(2,3)30-23-33(37(46)34(24-30)41(4,5)6)38-44-36-32(18-19-42-39(36)45(38)7)28-20-27(26-14-12-11-13-15-26)21-29(22-28)35-17-16-31(25-43-35)47(8,9)10/h11-25,46H,1-10H3. The van der Waals surface area contributed by atoms with E-state index in [0.29, 0.717) is 5.82 Å². The van der Waals surface area contributed by atoms with Gasteiger partial charge in [0.25, 0.3) is 0 Å². The van der Waals surface area contributed by atoms with Crippen molar-refractivity contribution in [1.29, 1.82) is 0 Å². The quantitative estimate of drug-likeness (QED) is 0.191. The fourth-order valence-corrected chi connectivity index (χ4v) is 7.14. The van der Waals surface area contributed by atoms with Gasteiger partial charge in [0.2, 0.25) is 0 Å². The average molecular weight is 639 g/mol. The van der Waals surface area contributed by atoms with Crippen molar-refractivity contribution in [2.45, 2.75) is 72.0 Å². The van der Waals surface area contributed by atoms with E-state index in [0.717, 1.165) is 61.4 Å². The van der Waals surface area contributed by atoms with Crippen LogP contribution < -0.4 is 5.19 Å². The molecule has 6 aromatic rings. The summed E-state index contributed by atoms with van der Waals surface area (Å²) in [5, 5.41) is 13.1. The van der Waals surface area contributed by atoms with Gasteiger partial charge >= 0.3 is 0 Å². The van der Waals surface area contributed by atoms with Gasteiger partial charge in [0.05, 0.1) is 19.3 Å². The first-order valence-electron chi connectivity index (χ1n) is 16.4. The molecule has 0 unspecified atom stereocenters. The van der Waals surface area contributed by atoms with E-state index >= 15 is 0 Å². The van der Waals surface area contributed by atoms with E-state index < -0.39 is 8.07 Å². The number of pyridine rings is 2. The Morgan fingerprint density at radius 1 is 0.681 bits per heavy atom. The number of imidazole rings is 1. The third-order valence-electron chi connectivity index (χ3n) is 9.06. The Balaban J connectivity index is 1.58. The van der Waals surface area contributed by atoms with Crippen LogP contribution in [0.1, 0.15) is 52.7 Å². The van der Waals surface area contributed by atoms with Crippen molar-refractivity contribution in [2.24, 2.45) is 7.05 Å². The SMILES string of the molecule is Cn1c(-c2cc(C(C)(C)C)cc(C(C)(C)C)c2O)nc2c(-c3cc(-c4ccccc4)cc(-c4ccc([Si](C)(C)C)cn4)c3)ccnc21. The van der Waals surface area contributed by atoms with E-state index in [2.05, 4.69) is 134 Å². The van der Waals surface area contributed by atoms with Crippen LogP contribution in [0.25, 0.3) is 56.1 Å². The zero-order valence-corrected chi connectivity index (χ0v) is 30.4. The van der Waals surface area contributed by atoms with Crippen molar-refractivity contribution in [3.63, 3.8) is 0 Å². The van der Waals surface area contributed by atoms with Crippen molar-refractivity contribution in [3.8, 4) is 50.6 Å². The van der Waals surface area contributed by atoms with Gasteiger partial charge in [0.15, 0.2) is 5.65 Å². The van der Waals surface area contributed by atoms with Crippen molar-refractivity contribution >= 4 is 24.4 Å². The fraction of sp³-hybridized carbons (Fsp3) is 0.293. The number of nitrogens with zero attached hydrogens (tertiary/aromatic N) is 4. The fourth-order valence-electron chi connectivity index (χ4n) is 6.10. The highest BCUT2D eigenvalue weighted by atomic mass is 28.3. The number of benzene rings is 3. The first-order valence-corrected chi connectivity index (χ1v) is 19.9. The smallest absolute Gasteiger partial charge is 0.160 e. The lowest BCUT2D eigenvalue weighted by atomic mass is 9.79. The van der Waals surface area contributed by atoms with Gasteiger partial charge in [-0.05, 0) is 74.7 Å². The lowest BCUT2D eigenvalue weighted by Crippen LogP contribution is -2.37. The molecule has 0 atom stereocenters. The second-order valence-electron chi connectivity index (χ2n) is 15.8. The largest absolute Gasteiger partial charge is 0.507 e. The van der Waals surface area contributed by atoms with Crippen molar-refractivity contribution in [3.05, 3.63) is 102 Å². The molecule has 6 rings (SSSR count). The number of aromatic hydroxyl groups is 1. The summed E-state index contributed by atoms with van der Waals surface area (Å²) in [6.45, 7) is 20.1. The molecule has 0 aliphatic rings. The minimum Gasteiger partial charge on any atom is -0.507 e. The Morgan fingerprint density at radius 2 is 1.36 bits per heavy atom. The van der Waals surface area contributed by atoms with Gasteiger partial charge in [-0.15, -0.1) is 0 Å².